The molecule has 0 bridgehead atoms. The minimum atomic E-state index is -0.110. The lowest BCUT2D eigenvalue weighted by Gasteiger charge is -2.17. The van der Waals surface area contributed by atoms with Crippen molar-refractivity contribution >= 4 is 45.7 Å². The number of benzene rings is 2. The van der Waals surface area contributed by atoms with Crippen LogP contribution in [-0.4, -0.2) is 23.3 Å². The number of hydrogen-bond acceptors (Lipinski definition) is 4. The van der Waals surface area contributed by atoms with Crippen LogP contribution in [-0.2, 0) is 16.0 Å². The number of fused-ring (bicyclic) bond motifs is 1. The van der Waals surface area contributed by atoms with Crippen molar-refractivity contribution in [3.05, 3.63) is 77.3 Å². The number of rotatable bonds is 4. The second-order valence-corrected chi connectivity index (χ2v) is 7.28. The summed E-state index contributed by atoms with van der Waals surface area (Å²) in [5, 5.41) is 2.42. The third-order valence-electron chi connectivity index (χ3n) is 4.58. The van der Waals surface area contributed by atoms with Crippen molar-refractivity contribution in [1.29, 1.82) is 0 Å². The Hall–Kier alpha value is -3.25. The van der Waals surface area contributed by atoms with E-state index in [1.54, 1.807) is 22.0 Å². The van der Waals surface area contributed by atoms with E-state index in [1.807, 2.05) is 53.9 Å². The van der Waals surface area contributed by atoms with Crippen LogP contribution in [0.15, 0.2) is 66.1 Å². The lowest BCUT2D eigenvalue weighted by Crippen LogP contribution is -2.26. The molecular formula is C22H19N3O2S. The molecule has 0 fully saturated rings. The van der Waals surface area contributed by atoms with E-state index in [0.29, 0.717) is 17.4 Å². The maximum atomic E-state index is 12.6. The van der Waals surface area contributed by atoms with Gasteiger partial charge in [-0.15, -0.1) is 11.3 Å². The fourth-order valence-corrected chi connectivity index (χ4v) is 4.13. The largest absolute Gasteiger partial charge is 0.308 e. The molecule has 2 aromatic carbocycles. The zero-order valence-corrected chi connectivity index (χ0v) is 16.2. The summed E-state index contributed by atoms with van der Waals surface area (Å²) in [7, 11) is 0. The topological polar surface area (TPSA) is 53.5 Å². The molecule has 0 N–H and O–H groups in total. The smallest absolute Gasteiger partial charge is 0.251 e. The molecule has 0 unspecified atom stereocenters. The summed E-state index contributed by atoms with van der Waals surface area (Å²) >= 11 is 1.37. The first-order valence-corrected chi connectivity index (χ1v) is 9.90. The summed E-state index contributed by atoms with van der Waals surface area (Å²) in [6, 6.07) is 17.4. The molecule has 0 spiro atoms. The molecular weight excluding hydrogens is 370 g/mol. The van der Waals surface area contributed by atoms with Crippen LogP contribution >= 0.6 is 11.3 Å². The monoisotopic (exact) mass is 389 g/mol. The number of para-hydroxylation sites is 2. The van der Waals surface area contributed by atoms with Gasteiger partial charge in [0.2, 0.25) is 5.91 Å². The summed E-state index contributed by atoms with van der Waals surface area (Å²) in [6.45, 7) is 2.20. The van der Waals surface area contributed by atoms with Crippen LogP contribution in [0.5, 0.6) is 0 Å². The highest BCUT2D eigenvalue weighted by atomic mass is 32.1. The van der Waals surface area contributed by atoms with Crippen LogP contribution in [0.3, 0.4) is 0 Å². The third-order valence-corrected chi connectivity index (χ3v) is 5.42. The standard InChI is InChI=1S/C22H19N3O2S/c1-16(26)25(19-8-3-2-4-9-19)22-23-18(15-28-22)11-12-21(27)24-14-13-17-7-5-6-10-20(17)24/h2-12,15H,13-14H2,1H3/b12-11+. The molecule has 0 atom stereocenters. The molecule has 0 saturated heterocycles. The van der Waals surface area contributed by atoms with Gasteiger partial charge < -0.3 is 4.90 Å². The Bertz CT molecular complexity index is 1040. The van der Waals surface area contributed by atoms with Gasteiger partial charge >= 0.3 is 0 Å². The number of hydrogen-bond donors (Lipinski definition) is 0. The SMILES string of the molecule is CC(=O)N(c1ccccc1)c1nc(/C=C/C(=O)N2CCc3ccccc32)cs1. The Morgan fingerprint density at radius 2 is 1.86 bits per heavy atom. The Labute approximate surface area is 167 Å². The number of amides is 2. The van der Waals surface area contributed by atoms with Crippen LogP contribution in [0.1, 0.15) is 18.2 Å². The minimum Gasteiger partial charge on any atom is -0.308 e. The molecule has 2 amide bonds. The average molecular weight is 389 g/mol. The normalized spacial score (nSPS) is 13.0. The Morgan fingerprint density at radius 1 is 1.11 bits per heavy atom. The van der Waals surface area contributed by atoms with E-state index in [2.05, 4.69) is 11.1 Å². The Morgan fingerprint density at radius 3 is 2.64 bits per heavy atom. The van der Waals surface area contributed by atoms with Crippen LogP contribution in [0.2, 0.25) is 0 Å². The van der Waals surface area contributed by atoms with Crippen molar-refractivity contribution in [1.82, 2.24) is 4.98 Å². The highest BCUT2D eigenvalue weighted by Gasteiger charge is 2.22. The number of aromatic nitrogens is 1. The first-order valence-electron chi connectivity index (χ1n) is 9.02. The van der Waals surface area contributed by atoms with Gasteiger partial charge in [-0.05, 0) is 36.3 Å². The zero-order valence-electron chi connectivity index (χ0n) is 15.4. The van der Waals surface area contributed by atoms with Crippen molar-refractivity contribution in [2.75, 3.05) is 16.3 Å². The van der Waals surface area contributed by atoms with Crippen LogP contribution < -0.4 is 9.80 Å². The molecule has 0 aliphatic carbocycles. The Balaban J connectivity index is 1.52. The van der Waals surface area contributed by atoms with Crippen molar-refractivity contribution in [3.8, 4) is 0 Å². The predicted octanol–water partition coefficient (Wildman–Crippen LogP) is 4.43. The maximum absolute atomic E-state index is 12.6. The van der Waals surface area contributed by atoms with Crippen molar-refractivity contribution < 1.29 is 9.59 Å². The number of carbonyl (C=O) groups is 2. The molecule has 1 aliphatic heterocycles. The van der Waals surface area contributed by atoms with E-state index in [4.69, 9.17) is 0 Å². The summed E-state index contributed by atoms with van der Waals surface area (Å²) in [5.74, 6) is -0.174. The average Bonchev–Trinajstić information content (AvgIpc) is 3.34. The van der Waals surface area contributed by atoms with Gasteiger partial charge in [0.05, 0.1) is 11.4 Å². The molecule has 0 radical (unpaired) electrons. The Kier molecular flexibility index (Phi) is 5.04. The molecule has 5 nitrogen and oxygen atoms in total. The highest BCUT2D eigenvalue weighted by molar-refractivity contribution is 7.14. The van der Waals surface area contributed by atoms with Crippen LogP contribution in [0, 0.1) is 0 Å². The number of carbonyl (C=O) groups excluding carboxylic acids is 2. The molecule has 140 valence electrons. The van der Waals surface area contributed by atoms with E-state index < -0.39 is 0 Å². The van der Waals surface area contributed by atoms with E-state index >= 15 is 0 Å². The molecule has 2 heterocycles. The molecule has 1 aliphatic rings. The van der Waals surface area contributed by atoms with E-state index in [1.165, 1.54) is 23.8 Å². The molecule has 3 aromatic rings. The predicted molar refractivity (Wildman–Crippen MR) is 113 cm³/mol. The van der Waals surface area contributed by atoms with Gasteiger partial charge in [0.1, 0.15) is 0 Å². The summed E-state index contributed by atoms with van der Waals surface area (Å²) in [6.07, 6.45) is 4.12. The molecule has 1 aromatic heterocycles. The van der Waals surface area contributed by atoms with Crippen molar-refractivity contribution in [2.45, 2.75) is 13.3 Å². The van der Waals surface area contributed by atoms with Gasteiger partial charge in [0, 0.05) is 30.6 Å². The summed E-state index contributed by atoms with van der Waals surface area (Å²) < 4.78 is 0. The maximum Gasteiger partial charge on any atom is 0.251 e. The van der Waals surface area contributed by atoms with Crippen LogP contribution in [0.25, 0.3) is 6.08 Å². The van der Waals surface area contributed by atoms with Crippen molar-refractivity contribution in [3.63, 3.8) is 0 Å². The highest BCUT2D eigenvalue weighted by Crippen LogP contribution is 2.30. The first kappa shape index (κ1) is 18.1. The van der Waals surface area contributed by atoms with Gasteiger partial charge in [-0.3, -0.25) is 14.5 Å². The summed E-state index contributed by atoms with van der Waals surface area (Å²) in [5.41, 5.74) is 3.59. The zero-order chi connectivity index (χ0) is 19.5. The second-order valence-electron chi connectivity index (χ2n) is 6.45. The van der Waals surface area contributed by atoms with E-state index in [-0.39, 0.29) is 11.8 Å². The fourth-order valence-electron chi connectivity index (χ4n) is 3.27. The van der Waals surface area contributed by atoms with Gasteiger partial charge in [-0.1, -0.05) is 36.4 Å². The van der Waals surface area contributed by atoms with Gasteiger partial charge in [-0.25, -0.2) is 4.98 Å². The van der Waals surface area contributed by atoms with Gasteiger partial charge in [-0.2, -0.15) is 0 Å². The molecule has 0 saturated carbocycles. The molecule has 28 heavy (non-hydrogen) atoms. The number of nitrogens with zero attached hydrogens (tertiary/aromatic N) is 3. The molecule has 6 heteroatoms. The van der Waals surface area contributed by atoms with E-state index in [9.17, 15) is 9.59 Å². The van der Waals surface area contributed by atoms with E-state index in [0.717, 1.165) is 17.8 Å². The quantitative estimate of drug-likeness (QED) is 0.620. The fraction of sp³-hybridized carbons (Fsp3) is 0.136. The number of anilines is 3. The van der Waals surface area contributed by atoms with Gasteiger partial charge in [0.15, 0.2) is 5.13 Å². The minimum absolute atomic E-state index is 0.0639. The third kappa shape index (κ3) is 3.59. The van der Waals surface area contributed by atoms with Gasteiger partial charge in [0.25, 0.3) is 5.91 Å². The summed E-state index contributed by atoms with van der Waals surface area (Å²) in [4.78, 5) is 32.6. The van der Waals surface area contributed by atoms with Crippen LogP contribution in [0.4, 0.5) is 16.5 Å². The number of thiazole rings is 1. The first-order chi connectivity index (χ1) is 13.6. The second kappa shape index (κ2) is 7.78. The lowest BCUT2D eigenvalue weighted by atomic mass is 10.2. The molecule has 4 rings (SSSR count). The van der Waals surface area contributed by atoms with Crippen molar-refractivity contribution in [2.24, 2.45) is 0 Å². The lowest BCUT2D eigenvalue weighted by molar-refractivity contribution is -0.116.